The monoisotopic (exact) mass is 355 g/mol. The maximum Gasteiger partial charge on any atom is 0.248 e. The minimum atomic E-state index is -0.484. The maximum atomic E-state index is 13.0. The summed E-state index contributed by atoms with van der Waals surface area (Å²) in [6.45, 7) is 10.3. The summed E-state index contributed by atoms with van der Waals surface area (Å²) in [5, 5.41) is 3.09. The molecule has 2 amide bonds. The predicted octanol–water partition coefficient (Wildman–Crippen LogP) is 3.56. The second-order valence-electron chi connectivity index (χ2n) is 8.35. The molecule has 1 aromatic rings. The van der Waals surface area contributed by atoms with Crippen LogP contribution in [0, 0.1) is 17.3 Å². The molecular formula is C21H29N3O2. The van der Waals surface area contributed by atoms with E-state index < -0.39 is 5.91 Å². The second-order valence-corrected chi connectivity index (χ2v) is 8.35. The number of nitrogens with zero attached hydrogens (tertiary/aromatic N) is 1. The van der Waals surface area contributed by atoms with Crippen LogP contribution >= 0.6 is 0 Å². The molecule has 5 heteroatoms. The number of amides is 2. The van der Waals surface area contributed by atoms with E-state index in [1.54, 1.807) is 12.1 Å². The first-order chi connectivity index (χ1) is 12.2. The Balaban J connectivity index is 1.86. The second kappa shape index (κ2) is 6.78. The van der Waals surface area contributed by atoms with Crippen LogP contribution in [0.2, 0.25) is 0 Å². The van der Waals surface area contributed by atoms with Gasteiger partial charge in [0, 0.05) is 18.7 Å². The van der Waals surface area contributed by atoms with E-state index in [0.717, 1.165) is 31.6 Å². The highest BCUT2D eigenvalue weighted by Gasteiger charge is 2.60. The van der Waals surface area contributed by atoms with E-state index in [1.165, 1.54) is 5.57 Å². The Kier molecular flexibility index (Phi) is 4.82. The summed E-state index contributed by atoms with van der Waals surface area (Å²) in [7, 11) is 0. The van der Waals surface area contributed by atoms with E-state index in [9.17, 15) is 9.59 Å². The third-order valence-corrected chi connectivity index (χ3v) is 5.69. The lowest BCUT2D eigenvalue weighted by Gasteiger charge is -2.22. The number of nitrogens with two attached hydrogens (primary N) is 1. The maximum absolute atomic E-state index is 13.0. The van der Waals surface area contributed by atoms with E-state index in [0.29, 0.717) is 11.3 Å². The van der Waals surface area contributed by atoms with Gasteiger partial charge in [-0.2, -0.15) is 0 Å². The van der Waals surface area contributed by atoms with Gasteiger partial charge in [0.2, 0.25) is 11.8 Å². The number of carbonyl (C=O) groups excluding carboxylic acids is 2. The Morgan fingerprint density at radius 3 is 2.46 bits per heavy atom. The SMILES string of the molecule is CC(C)=C[C@H]1[C@@H](C(=O)Nc2cc(C(N)=O)ccc2N2CCCC2)C1(C)C. The number of hydrogen-bond acceptors (Lipinski definition) is 3. The van der Waals surface area contributed by atoms with Crippen LogP contribution in [0.25, 0.3) is 0 Å². The van der Waals surface area contributed by atoms with Gasteiger partial charge in [0.25, 0.3) is 0 Å². The number of primary amides is 1. The van der Waals surface area contributed by atoms with Crippen molar-refractivity contribution in [3.8, 4) is 0 Å². The summed E-state index contributed by atoms with van der Waals surface area (Å²) in [4.78, 5) is 26.8. The number of benzene rings is 1. The van der Waals surface area contributed by atoms with Gasteiger partial charge in [-0.25, -0.2) is 0 Å². The minimum absolute atomic E-state index is 0.0135. The van der Waals surface area contributed by atoms with Gasteiger partial charge in [0.05, 0.1) is 17.3 Å². The Morgan fingerprint density at radius 2 is 1.88 bits per heavy atom. The van der Waals surface area contributed by atoms with Gasteiger partial charge in [-0.05, 0) is 56.2 Å². The van der Waals surface area contributed by atoms with Crippen LogP contribution in [-0.2, 0) is 4.79 Å². The molecule has 1 heterocycles. The van der Waals surface area contributed by atoms with Gasteiger partial charge in [0.15, 0.2) is 0 Å². The first-order valence-electron chi connectivity index (χ1n) is 9.36. The molecule has 1 aliphatic carbocycles. The quantitative estimate of drug-likeness (QED) is 0.793. The van der Waals surface area contributed by atoms with Crippen molar-refractivity contribution in [1.82, 2.24) is 0 Å². The van der Waals surface area contributed by atoms with Crippen LogP contribution in [0.5, 0.6) is 0 Å². The number of carbonyl (C=O) groups is 2. The lowest BCUT2D eigenvalue weighted by atomic mass is 10.1. The zero-order valence-corrected chi connectivity index (χ0v) is 16.1. The summed E-state index contributed by atoms with van der Waals surface area (Å²) < 4.78 is 0. The molecular weight excluding hydrogens is 326 g/mol. The smallest absolute Gasteiger partial charge is 0.248 e. The van der Waals surface area contributed by atoms with E-state index in [-0.39, 0.29) is 23.2 Å². The molecule has 0 unspecified atom stereocenters. The molecule has 0 bridgehead atoms. The van der Waals surface area contributed by atoms with Gasteiger partial charge in [-0.3, -0.25) is 9.59 Å². The van der Waals surface area contributed by atoms with Gasteiger partial charge in [0.1, 0.15) is 0 Å². The van der Waals surface area contributed by atoms with Crippen molar-refractivity contribution in [2.45, 2.75) is 40.5 Å². The fraction of sp³-hybridized carbons (Fsp3) is 0.524. The van der Waals surface area contributed by atoms with Gasteiger partial charge in [-0.1, -0.05) is 25.5 Å². The lowest BCUT2D eigenvalue weighted by molar-refractivity contribution is -0.118. The van der Waals surface area contributed by atoms with E-state index in [2.05, 4.69) is 44.0 Å². The topological polar surface area (TPSA) is 75.4 Å². The molecule has 3 N–H and O–H groups in total. The molecule has 1 aliphatic heterocycles. The van der Waals surface area contributed by atoms with Crippen LogP contribution in [0.3, 0.4) is 0 Å². The number of hydrogen-bond donors (Lipinski definition) is 2. The molecule has 3 rings (SSSR count). The Bertz CT molecular complexity index is 757. The van der Waals surface area contributed by atoms with Gasteiger partial charge in [-0.15, -0.1) is 0 Å². The number of rotatable bonds is 5. The Labute approximate surface area is 155 Å². The highest BCUT2D eigenvalue weighted by Crippen LogP contribution is 2.59. The van der Waals surface area contributed by atoms with Crippen LogP contribution < -0.4 is 16.0 Å². The third-order valence-electron chi connectivity index (χ3n) is 5.69. The number of allylic oxidation sites excluding steroid dienone is 2. The van der Waals surface area contributed by atoms with Crippen LogP contribution in [0.15, 0.2) is 29.8 Å². The highest BCUT2D eigenvalue weighted by molar-refractivity contribution is 6.01. The zero-order valence-electron chi connectivity index (χ0n) is 16.1. The Morgan fingerprint density at radius 1 is 1.23 bits per heavy atom. The Hall–Kier alpha value is -2.30. The van der Waals surface area contributed by atoms with Crippen molar-refractivity contribution in [3.63, 3.8) is 0 Å². The van der Waals surface area contributed by atoms with Crippen LogP contribution in [-0.4, -0.2) is 24.9 Å². The molecule has 5 nitrogen and oxygen atoms in total. The van der Waals surface area contributed by atoms with Crippen LogP contribution in [0.1, 0.15) is 50.9 Å². The molecule has 26 heavy (non-hydrogen) atoms. The highest BCUT2D eigenvalue weighted by atomic mass is 16.2. The van der Waals surface area contributed by atoms with Crippen molar-refractivity contribution in [3.05, 3.63) is 35.4 Å². The van der Waals surface area contributed by atoms with Crippen molar-refractivity contribution in [2.24, 2.45) is 23.0 Å². The fourth-order valence-corrected chi connectivity index (χ4v) is 4.08. The number of nitrogens with one attached hydrogen (secondary N) is 1. The molecule has 1 saturated heterocycles. The molecule has 0 aromatic heterocycles. The molecule has 2 fully saturated rings. The molecule has 1 aromatic carbocycles. The minimum Gasteiger partial charge on any atom is -0.370 e. The average molecular weight is 355 g/mol. The fourth-order valence-electron chi connectivity index (χ4n) is 4.08. The zero-order chi connectivity index (χ0) is 19.1. The molecule has 2 aliphatic rings. The van der Waals surface area contributed by atoms with Gasteiger partial charge >= 0.3 is 0 Å². The lowest BCUT2D eigenvalue weighted by Crippen LogP contribution is -2.23. The van der Waals surface area contributed by atoms with E-state index in [4.69, 9.17) is 5.73 Å². The average Bonchev–Trinajstić information content (AvgIpc) is 2.92. The molecule has 2 atom stereocenters. The summed E-state index contributed by atoms with van der Waals surface area (Å²) >= 11 is 0. The third kappa shape index (κ3) is 3.48. The summed E-state index contributed by atoms with van der Waals surface area (Å²) in [5.74, 6) is -0.273. The van der Waals surface area contributed by atoms with Gasteiger partial charge < -0.3 is 16.0 Å². The molecule has 0 radical (unpaired) electrons. The standard InChI is InChI=1S/C21H29N3O2/c1-13(2)11-15-18(21(15,3)4)20(26)23-16-12-14(19(22)25)7-8-17(16)24-9-5-6-10-24/h7-8,11-12,15,18H,5-6,9-10H2,1-4H3,(H2,22,25)(H,23,26)/t15-,18-/m0/s1. The van der Waals surface area contributed by atoms with Crippen LogP contribution in [0.4, 0.5) is 11.4 Å². The van der Waals surface area contributed by atoms with E-state index in [1.807, 2.05) is 6.07 Å². The van der Waals surface area contributed by atoms with Crippen molar-refractivity contribution >= 4 is 23.2 Å². The van der Waals surface area contributed by atoms with Crippen molar-refractivity contribution < 1.29 is 9.59 Å². The summed E-state index contributed by atoms with van der Waals surface area (Å²) in [6, 6.07) is 5.34. The molecule has 140 valence electrons. The predicted molar refractivity (Wildman–Crippen MR) is 105 cm³/mol. The summed E-state index contributed by atoms with van der Waals surface area (Å²) in [6.07, 6.45) is 4.47. The number of anilines is 2. The van der Waals surface area contributed by atoms with Crippen molar-refractivity contribution in [1.29, 1.82) is 0 Å². The van der Waals surface area contributed by atoms with E-state index >= 15 is 0 Å². The molecule has 0 spiro atoms. The largest absolute Gasteiger partial charge is 0.370 e. The molecule has 1 saturated carbocycles. The van der Waals surface area contributed by atoms with Crippen molar-refractivity contribution in [2.75, 3.05) is 23.3 Å². The summed E-state index contributed by atoms with van der Waals surface area (Å²) in [5.41, 5.74) is 8.69. The first-order valence-corrected chi connectivity index (χ1v) is 9.36. The normalized spacial score (nSPS) is 23.5. The first kappa shape index (κ1) is 18.5.